The number of nitrogens with one attached hydrogen (secondary N) is 1. The van der Waals surface area contributed by atoms with Crippen LogP contribution in [0.4, 0.5) is 0 Å². The molecule has 1 unspecified atom stereocenters. The predicted molar refractivity (Wildman–Crippen MR) is 65.6 cm³/mol. The highest BCUT2D eigenvalue weighted by molar-refractivity contribution is 7.99. The lowest BCUT2D eigenvalue weighted by atomic mass is 10.1. The van der Waals surface area contributed by atoms with Gasteiger partial charge in [-0.2, -0.15) is 11.8 Å². The summed E-state index contributed by atoms with van der Waals surface area (Å²) < 4.78 is 10.3. The summed E-state index contributed by atoms with van der Waals surface area (Å²) in [4.78, 5) is 0. The smallest absolute Gasteiger partial charge is 0.0507 e. The number of hydrogen-bond acceptors (Lipinski definition) is 4. The highest BCUT2D eigenvalue weighted by Crippen LogP contribution is 2.10. The van der Waals surface area contributed by atoms with E-state index in [1.807, 2.05) is 11.8 Å². The van der Waals surface area contributed by atoms with Crippen LogP contribution in [0.2, 0.25) is 0 Å². The summed E-state index contributed by atoms with van der Waals surface area (Å²) in [6.45, 7) is 5.04. The molecule has 1 rings (SSSR count). The van der Waals surface area contributed by atoms with Gasteiger partial charge in [0, 0.05) is 39.2 Å². The van der Waals surface area contributed by atoms with Gasteiger partial charge in [0.2, 0.25) is 0 Å². The van der Waals surface area contributed by atoms with Gasteiger partial charge in [0.05, 0.1) is 6.61 Å². The number of thioether (sulfide) groups is 1. The first kappa shape index (κ1) is 13.3. The molecule has 1 aliphatic rings. The molecule has 3 nitrogen and oxygen atoms in total. The van der Waals surface area contributed by atoms with Crippen LogP contribution in [-0.4, -0.2) is 51.5 Å². The Hall–Kier alpha value is 0.230. The average molecular weight is 233 g/mol. The summed E-state index contributed by atoms with van der Waals surface area (Å²) in [5, 5.41) is 3.49. The molecule has 0 aromatic carbocycles. The molecule has 1 N–H and O–H groups in total. The van der Waals surface area contributed by atoms with Crippen LogP contribution < -0.4 is 5.32 Å². The van der Waals surface area contributed by atoms with Gasteiger partial charge in [-0.05, 0) is 24.5 Å². The second kappa shape index (κ2) is 9.46. The summed E-state index contributed by atoms with van der Waals surface area (Å²) in [5.41, 5.74) is 0. The van der Waals surface area contributed by atoms with E-state index in [1.54, 1.807) is 7.11 Å². The molecule has 0 amide bonds. The van der Waals surface area contributed by atoms with Gasteiger partial charge in [-0.15, -0.1) is 0 Å². The zero-order valence-electron chi connectivity index (χ0n) is 9.67. The third-order valence-electron chi connectivity index (χ3n) is 2.52. The normalized spacial score (nSPS) is 21.0. The number of rotatable bonds is 9. The van der Waals surface area contributed by atoms with Crippen LogP contribution in [0.3, 0.4) is 0 Å². The largest absolute Gasteiger partial charge is 0.385 e. The van der Waals surface area contributed by atoms with Gasteiger partial charge in [0.15, 0.2) is 0 Å². The van der Waals surface area contributed by atoms with Crippen LogP contribution in [0.1, 0.15) is 12.8 Å². The first-order valence-electron chi connectivity index (χ1n) is 5.78. The molecule has 1 atom stereocenters. The highest BCUT2D eigenvalue weighted by Gasteiger charge is 2.14. The minimum atomic E-state index is 0.753. The van der Waals surface area contributed by atoms with Crippen molar-refractivity contribution in [2.24, 2.45) is 5.92 Å². The quantitative estimate of drug-likeness (QED) is 0.610. The van der Waals surface area contributed by atoms with E-state index < -0.39 is 0 Å². The summed E-state index contributed by atoms with van der Waals surface area (Å²) in [6.07, 6.45) is 2.39. The van der Waals surface area contributed by atoms with Gasteiger partial charge < -0.3 is 14.8 Å². The van der Waals surface area contributed by atoms with Crippen molar-refractivity contribution in [2.45, 2.75) is 12.8 Å². The predicted octanol–water partition coefficient (Wildman–Crippen LogP) is 1.38. The highest BCUT2D eigenvalue weighted by atomic mass is 32.2. The van der Waals surface area contributed by atoms with E-state index in [-0.39, 0.29) is 0 Å². The molecule has 0 saturated carbocycles. The molecule has 1 saturated heterocycles. The van der Waals surface area contributed by atoms with E-state index in [9.17, 15) is 0 Å². The molecule has 0 aromatic heterocycles. The Morgan fingerprint density at radius 2 is 2.40 bits per heavy atom. The molecule has 15 heavy (non-hydrogen) atoms. The van der Waals surface area contributed by atoms with Crippen molar-refractivity contribution in [1.29, 1.82) is 0 Å². The van der Waals surface area contributed by atoms with Gasteiger partial charge in [0.25, 0.3) is 0 Å². The first-order chi connectivity index (χ1) is 7.43. The Morgan fingerprint density at radius 1 is 1.47 bits per heavy atom. The van der Waals surface area contributed by atoms with Gasteiger partial charge in [-0.25, -0.2) is 0 Å². The summed E-state index contributed by atoms with van der Waals surface area (Å²) in [7, 11) is 1.76. The van der Waals surface area contributed by atoms with E-state index in [0.29, 0.717) is 0 Å². The Morgan fingerprint density at radius 3 is 3.13 bits per heavy atom. The molecule has 0 aliphatic carbocycles. The Balaban J connectivity index is 1.73. The standard InChI is InChI=1S/C11H23NO2S/c1-13-5-2-7-15-8-4-12-9-11-3-6-14-10-11/h11-12H,2-10H2,1H3. The summed E-state index contributed by atoms with van der Waals surface area (Å²) in [5.74, 6) is 3.17. The van der Waals surface area contributed by atoms with Crippen molar-refractivity contribution in [3.8, 4) is 0 Å². The van der Waals surface area contributed by atoms with E-state index in [4.69, 9.17) is 9.47 Å². The molecule has 1 aliphatic heterocycles. The minimum absolute atomic E-state index is 0.753. The number of ether oxygens (including phenoxy) is 2. The molecule has 0 aromatic rings. The SMILES string of the molecule is COCCCSCCNCC1CCOC1. The summed E-state index contributed by atoms with van der Waals surface area (Å²) in [6, 6.07) is 0. The topological polar surface area (TPSA) is 30.5 Å². The Bertz CT molecular complexity index is 141. The molecule has 0 bridgehead atoms. The van der Waals surface area contributed by atoms with Crippen molar-refractivity contribution < 1.29 is 9.47 Å². The third-order valence-corrected chi connectivity index (χ3v) is 3.59. The molecule has 0 spiro atoms. The lowest BCUT2D eigenvalue weighted by Gasteiger charge is -2.08. The molecule has 1 fully saturated rings. The fourth-order valence-corrected chi connectivity index (χ4v) is 2.42. The zero-order valence-corrected chi connectivity index (χ0v) is 10.5. The molecule has 4 heteroatoms. The Kier molecular flexibility index (Phi) is 8.38. The van der Waals surface area contributed by atoms with Crippen LogP contribution in [0.15, 0.2) is 0 Å². The fraction of sp³-hybridized carbons (Fsp3) is 1.00. The van der Waals surface area contributed by atoms with Crippen LogP contribution >= 0.6 is 11.8 Å². The summed E-state index contributed by atoms with van der Waals surface area (Å²) >= 11 is 2.00. The van der Waals surface area contributed by atoms with Crippen LogP contribution in [0.5, 0.6) is 0 Å². The second-order valence-electron chi connectivity index (χ2n) is 3.89. The maximum absolute atomic E-state index is 5.32. The maximum atomic E-state index is 5.32. The average Bonchev–Trinajstić information content (AvgIpc) is 2.75. The van der Waals surface area contributed by atoms with Gasteiger partial charge >= 0.3 is 0 Å². The molecular formula is C11H23NO2S. The van der Waals surface area contributed by atoms with Gasteiger partial charge in [-0.3, -0.25) is 0 Å². The molecule has 1 heterocycles. The molecule has 0 radical (unpaired) electrons. The third kappa shape index (κ3) is 7.17. The van der Waals surface area contributed by atoms with Gasteiger partial charge in [0.1, 0.15) is 0 Å². The lowest BCUT2D eigenvalue weighted by molar-refractivity contribution is 0.185. The first-order valence-corrected chi connectivity index (χ1v) is 6.94. The molecule has 90 valence electrons. The lowest BCUT2D eigenvalue weighted by Crippen LogP contribution is -2.25. The number of hydrogen-bond donors (Lipinski definition) is 1. The van der Waals surface area contributed by atoms with Crippen molar-refractivity contribution >= 4 is 11.8 Å². The number of methoxy groups -OCH3 is 1. The van der Waals surface area contributed by atoms with Crippen molar-refractivity contribution in [1.82, 2.24) is 5.32 Å². The molecular weight excluding hydrogens is 210 g/mol. The van der Waals surface area contributed by atoms with Crippen LogP contribution in [0, 0.1) is 5.92 Å². The maximum Gasteiger partial charge on any atom is 0.0507 e. The fourth-order valence-electron chi connectivity index (χ4n) is 1.60. The van der Waals surface area contributed by atoms with Crippen LogP contribution in [0.25, 0.3) is 0 Å². The van der Waals surface area contributed by atoms with E-state index in [0.717, 1.165) is 45.2 Å². The van der Waals surface area contributed by atoms with Gasteiger partial charge in [-0.1, -0.05) is 0 Å². The monoisotopic (exact) mass is 233 g/mol. The zero-order chi connectivity index (χ0) is 10.8. The van der Waals surface area contributed by atoms with E-state index in [1.165, 1.54) is 17.9 Å². The minimum Gasteiger partial charge on any atom is -0.385 e. The van der Waals surface area contributed by atoms with Crippen molar-refractivity contribution in [3.05, 3.63) is 0 Å². The van der Waals surface area contributed by atoms with E-state index >= 15 is 0 Å². The Labute approximate surface area is 97.3 Å². The van der Waals surface area contributed by atoms with Crippen LogP contribution in [-0.2, 0) is 9.47 Å². The van der Waals surface area contributed by atoms with Crippen molar-refractivity contribution in [2.75, 3.05) is 51.5 Å². The van der Waals surface area contributed by atoms with E-state index in [2.05, 4.69) is 5.32 Å². The second-order valence-corrected chi connectivity index (χ2v) is 5.12. The van der Waals surface area contributed by atoms with Crippen molar-refractivity contribution in [3.63, 3.8) is 0 Å².